The molecule has 2 aromatic carbocycles. The summed E-state index contributed by atoms with van der Waals surface area (Å²) in [6.45, 7) is 7.26. The first-order valence-corrected chi connectivity index (χ1v) is 11.6. The fourth-order valence-electron chi connectivity index (χ4n) is 4.68. The number of aromatic nitrogens is 2. The monoisotopic (exact) mass is 485 g/mol. The molecule has 0 aliphatic carbocycles. The van der Waals surface area contributed by atoms with Crippen LogP contribution < -0.4 is 15.5 Å². The summed E-state index contributed by atoms with van der Waals surface area (Å²) in [5, 5.41) is 6.53. The van der Waals surface area contributed by atoms with Gasteiger partial charge < -0.3 is 15.5 Å². The van der Waals surface area contributed by atoms with Crippen LogP contribution in [0, 0.1) is 12.7 Å². The van der Waals surface area contributed by atoms with Crippen LogP contribution in [0.2, 0.25) is 0 Å². The molecule has 0 saturated heterocycles. The fraction of sp³-hybridized carbons (Fsp3) is 0.423. The minimum atomic E-state index is -3.30. The Labute approximate surface area is 203 Å². The van der Waals surface area contributed by atoms with E-state index in [-0.39, 0.29) is 18.0 Å². The highest BCUT2D eigenvalue weighted by Gasteiger charge is 2.42. The molecule has 6 nitrogen and oxygen atoms in total. The molecule has 1 aromatic heterocycles. The van der Waals surface area contributed by atoms with Crippen molar-refractivity contribution < 1.29 is 18.0 Å². The Kier molecular flexibility index (Phi) is 6.25. The van der Waals surface area contributed by atoms with E-state index in [1.165, 1.54) is 12.1 Å². The van der Waals surface area contributed by atoms with Crippen LogP contribution >= 0.6 is 0 Å². The van der Waals surface area contributed by atoms with Gasteiger partial charge in [0.05, 0.1) is 22.5 Å². The Morgan fingerprint density at radius 2 is 1.91 bits per heavy atom. The van der Waals surface area contributed by atoms with Crippen molar-refractivity contribution in [2.75, 3.05) is 30.9 Å². The SMILES string of the molecule is CNCCC(F)(F)c1cccc([C@@H](C)Nc2nc(C)nc3cc4c(cc23)N(C)C(=O)C4(C)C)c1F. The van der Waals surface area contributed by atoms with Gasteiger partial charge in [0.15, 0.2) is 0 Å². The summed E-state index contributed by atoms with van der Waals surface area (Å²) in [6.07, 6.45) is -0.505. The molecule has 3 aromatic rings. The third-order valence-electron chi connectivity index (χ3n) is 6.73. The molecule has 0 fully saturated rings. The van der Waals surface area contributed by atoms with Crippen molar-refractivity contribution in [2.45, 2.75) is 51.5 Å². The molecule has 186 valence electrons. The normalized spacial score (nSPS) is 16.0. The van der Waals surface area contributed by atoms with Crippen LogP contribution in [0.5, 0.6) is 0 Å². The Morgan fingerprint density at radius 1 is 1.20 bits per heavy atom. The van der Waals surface area contributed by atoms with E-state index >= 15 is 4.39 Å². The molecule has 4 rings (SSSR count). The largest absolute Gasteiger partial charge is 0.363 e. The van der Waals surface area contributed by atoms with Crippen molar-refractivity contribution in [3.8, 4) is 0 Å². The van der Waals surface area contributed by atoms with E-state index in [0.29, 0.717) is 22.5 Å². The Balaban J connectivity index is 1.75. The minimum absolute atomic E-state index is 0.0200. The second kappa shape index (κ2) is 8.78. The number of rotatable bonds is 7. The highest BCUT2D eigenvalue weighted by molar-refractivity contribution is 6.10. The number of nitrogens with zero attached hydrogens (tertiary/aromatic N) is 3. The smallest absolute Gasteiger partial charge is 0.277 e. The third-order valence-corrected chi connectivity index (χ3v) is 6.73. The van der Waals surface area contributed by atoms with Crippen molar-refractivity contribution in [3.63, 3.8) is 0 Å². The average molecular weight is 486 g/mol. The van der Waals surface area contributed by atoms with Crippen LogP contribution in [0.4, 0.5) is 24.7 Å². The number of amides is 1. The number of benzene rings is 2. The van der Waals surface area contributed by atoms with Crippen LogP contribution in [-0.2, 0) is 16.1 Å². The molecule has 0 radical (unpaired) electrons. The Hall–Kier alpha value is -3.20. The second-order valence-electron chi connectivity index (χ2n) is 9.63. The van der Waals surface area contributed by atoms with Gasteiger partial charge in [0.2, 0.25) is 5.91 Å². The van der Waals surface area contributed by atoms with Crippen LogP contribution in [0.1, 0.15) is 55.7 Å². The van der Waals surface area contributed by atoms with Gasteiger partial charge in [-0.05, 0) is 52.4 Å². The standard InChI is InChI=1S/C26H30F3N5O/c1-14(16-8-7-9-18(22(16)27)26(28,29)10-11-30-5)31-23-17-12-21-19(13-20(17)32-15(2)33-23)25(3,4)24(35)34(21)6/h7-9,12-14,30H,10-11H2,1-6H3,(H,31,32,33)/t14-/m1/s1. The molecule has 2 heterocycles. The Morgan fingerprint density at radius 3 is 2.60 bits per heavy atom. The quantitative estimate of drug-likeness (QED) is 0.481. The average Bonchev–Trinajstić information content (AvgIpc) is 2.96. The van der Waals surface area contributed by atoms with Crippen LogP contribution in [0.15, 0.2) is 30.3 Å². The first kappa shape index (κ1) is 24.9. The second-order valence-corrected chi connectivity index (χ2v) is 9.63. The number of hydrogen-bond donors (Lipinski definition) is 2. The summed E-state index contributed by atoms with van der Waals surface area (Å²) in [4.78, 5) is 23.4. The molecule has 35 heavy (non-hydrogen) atoms. The Bertz CT molecular complexity index is 1310. The number of hydrogen-bond acceptors (Lipinski definition) is 5. The first-order chi connectivity index (χ1) is 16.4. The fourth-order valence-corrected chi connectivity index (χ4v) is 4.68. The third kappa shape index (κ3) is 4.22. The van der Waals surface area contributed by atoms with Crippen molar-refractivity contribution in [3.05, 3.63) is 58.7 Å². The molecule has 1 amide bonds. The summed E-state index contributed by atoms with van der Waals surface area (Å²) < 4.78 is 44.6. The van der Waals surface area contributed by atoms with Gasteiger partial charge in [-0.15, -0.1) is 0 Å². The highest BCUT2D eigenvalue weighted by atomic mass is 19.3. The van der Waals surface area contributed by atoms with E-state index in [4.69, 9.17) is 0 Å². The van der Waals surface area contributed by atoms with E-state index in [1.54, 1.807) is 32.8 Å². The highest BCUT2D eigenvalue weighted by Crippen LogP contribution is 2.44. The zero-order valence-electron chi connectivity index (χ0n) is 20.8. The summed E-state index contributed by atoms with van der Waals surface area (Å²) in [7, 11) is 3.30. The molecular weight excluding hydrogens is 455 g/mol. The summed E-state index contributed by atoms with van der Waals surface area (Å²) in [5.74, 6) is -3.31. The van der Waals surface area contributed by atoms with E-state index in [0.717, 1.165) is 17.3 Å². The number of likely N-dealkylation sites (N-methyl/N-ethyl adjacent to an activating group) is 1. The van der Waals surface area contributed by atoms with Crippen molar-refractivity contribution >= 4 is 28.3 Å². The molecule has 1 atom stereocenters. The van der Waals surface area contributed by atoms with Gasteiger partial charge >= 0.3 is 0 Å². The predicted octanol–water partition coefficient (Wildman–Crippen LogP) is 5.21. The molecule has 0 unspecified atom stereocenters. The number of aryl methyl sites for hydroxylation is 1. The zero-order chi connectivity index (χ0) is 25.7. The van der Waals surface area contributed by atoms with Crippen molar-refractivity contribution in [2.24, 2.45) is 0 Å². The summed E-state index contributed by atoms with van der Waals surface area (Å²) in [5.41, 5.74) is 1.09. The van der Waals surface area contributed by atoms with E-state index in [9.17, 15) is 13.6 Å². The lowest BCUT2D eigenvalue weighted by molar-refractivity contribution is -0.121. The topological polar surface area (TPSA) is 70.2 Å². The molecular formula is C26H30F3N5O. The van der Waals surface area contributed by atoms with Gasteiger partial charge in [0.25, 0.3) is 5.92 Å². The molecule has 9 heteroatoms. The van der Waals surface area contributed by atoms with E-state index in [2.05, 4.69) is 20.6 Å². The molecule has 0 spiro atoms. The van der Waals surface area contributed by atoms with Gasteiger partial charge in [-0.2, -0.15) is 0 Å². The zero-order valence-corrected chi connectivity index (χ0v) is 20.8. The summed E-state index contributed by atoms with van der Waals surface area (Å²) >= 11 is 0. The lowest BCUT2D eigenvalue weighted by atomic mass is 9.85. The number of anilines is 2. The van der Waals surface area contributed by atoms with Crippen molar-refractivity contribution in [1.82, 2.24) is 15.3 Å². The lowest BCUT2D eigenvalue weighted by Crippen LogP contribution is -2.33. The van der Waals surface area contributed by atoms with Gasteiger partial charge in [-0.25, -0.2) is 23.1 Å². The predicted molar refractivity (Wildman–Crippen MR) is 132 cm³/mol. The molecule has 2 N–H and O–H groups in total. The molecule has 1 aliphatic rings. The maximum Gasteiger partial charge on any atom is 0.277 e. The maximum absolute atomic E-state index is 15.3. The number of halogens is 3. The summed E-state index contributed by atoms with van der Waals surface area (Å²) in [6, 6.07) is 7.15. The number of fused-ring (bicyclic) bond motifs is 2. The van der Waals surface area contributed by atoms with E-state index < -0.39 is 35.2 Å². The number of carbonyl (C=O) groups is 1. The first-order valence-electron chi connectivity index (χ1n) is 11.6. The van der Waals surface area contributed by atoms with Crippen LogP contribution in [0.25, 0.3) is 10.9 Å². The van der Waals surface area contributed by atoms with Gasteiger partial charge in [-0.3, -0.25) is 4.79 Å². The minimum Gasteiger partial charge on any atom is -0.363 e. The number of nitrogens with one attached hydrogen (secondary N) is 2. The maximum atomic E-state index is 15.3. The van der Waals surface area contributed by atoms with Gasteiger partial charge in [-0.1, -0.05) is 18.2 Å². The van der Waals surface area contributed by atoms with Gasteiger partial charge in [0, 0.05) is 36.7 Å². The van der Waals surface area contributed by atoms with E-state index in [1.807, 2.05) is 26.0 Å². The van der Waals surface area contributed by atoms with Gasteiger partial charge in [0.1, 0.15) is 17.5 Å². The van der Waals surface area contributed by atoms with Crippen molar-refractivity contribution in [1.29, 1.82) is 0 Å². The van der Waals surface area contributed by atoms with Crippen LogP contribution in [-0.4, -0.2) is 36.5 Å². The van der Waals surface area contributed by atoms with Crippen LogP contribution in [0.3, 0.4) is 0 Å². The molecule has 0 saturated carbocycles. The number of alkyl halides is 2. The molecule has 0 bridgehead atoms. The molecule has 1 aliphatic heterocycles. The number of carbonyl (C=O) groups excluding carboxylic acids is 1. The lowest BCUT2D eigenvalue weighted by Gasteiger charge is -2.22.